The quantitative estimate of drug-likeness (QED) is 0.490. The molecule has 2 unspecified atom stereocenters. The lowest BCUT2D eigenvalue weighted by atomic mass is 9.91. The van der Waals surface area contributed by atoms with Crippen molar-refractivity contribution in [3.63, 3.8) is 0 Å². The highest BCUT2D eigenvalue weighted by Crippen LogP contribution is 2.21. The van der Waals surface area contributed by atoms with Crippen molar-refractivity contribution in [2.45, 2.75) is 32.6 Å². The Hall–Kier alpha value is -1.59. The zero-order chi connectivity index (χ0) is 14.8. The lowest BCUT2D eigenvalue weighted by Gasteiger charge is -2.17. The summed E-state index contributed by atoms with van der Waals surface area (Å²) in [5, 5.41) is 0. The molecule has 0 spiro atoms. The van der Waals surface area contributed by atoms with E-state index in [1.165, 1.54) is 21.3 Å². The molecule has 0 aliphatic rings. The first-order valence-corrected chi connectivity index (χ1v) is 6.18. The Kier molecular flexibility index (Phi) is 8.57. The third-order valence-corrected chi connectivity index (χ3v) is 2.94. The van der Waals surface area contributed by atoms with Crippen molar-refractivity contribution in [1.82, 2.24) is 0 Å². The molecule has 0 aromatic rings. The average Bonchev–Trinajstić information content (AvgIpc) is 2.43. The molecule has 6 heteroatoms. The number of carbonyl (C=O) groups is 3. The molecular weight excluding hydrogens is 252 g/mol. The molecule has 0 radical (unpaired) electrons. The first kappa shape index (κ1) is 17.4. The molecule has 0 bridgehead atoms. The summed E-state index contributed by atoms with van der Waals surface area (Å²) in [6.45, 7) is 1.70. The highest BCUT2D eigenvalue weighted by atomic mass is 16.5. The number of carbonyl (C=O) groups excluding carboxylic acids is 3. The van der Waals surface area contributed by atoms with Crippen molar-refractivity contribution < 1.29 is 28.6 Å². The van der Waals surface area contributed by atoms with Crippen LogP contribution in [0.1, 0.15) is 32.6 Å². The van der Waals surface area contributed by atoms with Crippen LogP contribution in [-0.4, -0.2) is 39.2 Å². The molecule has 0 amide bonds. The number of esters is 3. The lowest BCUT2D eigenvalue weighted by Crippen LogP contribution is -2.23. The fourth-order valence-electron chi connectivity index (χ4n) is 1.82. The van der Waals surface area contributed by atoms with Crippen molar-refractivity contribution in [1.29, 1.82) is 0 Å². The van der Waals surface area contributed by atoms with Crippen LogP contribution in [0, 0.1) is 11.8 Å². The van der Waals surface area contributed by atoms with Gasteiger partial charge in [-0.2, -0.15) is 0 Å². The van der Waals surface area contributed by atoms with Crippen molar-refractivity contribution in [3.05, 3.63) is 0 Å². The van der Waals surface area contributed by atoms with Gasteiger partial charge in [0.15, 0.2) is 0 Å². The van der Waals surface area contributed by atoms with Gasteiger partial charge in [-0.15, -0.1) is 0 Å². The molecule has 0 fully saturated rings. The maximum atomic E-state index is 11.6. The smallest absolute Gasteiger partial charge is 0.308 e. The molecule has 110 valence electrons. The summed E-state index contributed by atoms with van der Waals surface area (Å²) in [7, 11) is 3.93. The van der Waals surface area contributed by atoms with E-state index in [1.807, 2.05) is 0 Å². The summed E-state index contributed by atoms with van der Waals surface area (Å²) in [6, 6.07) is 0. The van der Waals surface area contributed by atoms with E-state index in [0.717, 1.165) is 0 Å². The maximum absolute atomic E-state index is 11.6. The topological polar surface area (TPSA) is 78.9 Å². The normalized spacial score (nSPS) is 13.3. The SMILES string of the molecule is COC(=O)CCCC(CC(C)C(=O)OC)C(=O)OC. The van der Waals surface area contributed by atoms with Crippen LogP contribution in [0.5, 0.6) is 0 Å². The molecule has 0 heterocycles. The predicted molar refractivity (Wildman–Crippen MR) is 67.2 cm³/mol. The third kappa shape index (κ3) is 6.79. The van der Waals surface area contributed by atoms with Crippen molar-refractivity contribution in [3.8, 4) is 0 Å². The molecular formula is C13H22O6. The Balaban J connectivity index is 4.35. The highest BCUT2D eigenvalue weighted by Gasteiger charge is 2.25. The van der Waals surface area contributed by atoms with Crippen LogP contribution >= 0.6 is 0 Å². The molecule has 6 nitrogen and oxygen atoms in total. The van der Waals surface area contributed by atoms with Crippen LogP contribution < -0.4 is 0 Å². The summed E-state index contributed by atoms with van der Waals surface area (Å²) >= 11 is 0. The minimum Gasteiger partial charge on any atom is -0.469 e. The van der Waals surface area contributed by atoms with Gasteiger partial charge in [0.2, 0.25) is 0 Å². The first-order chi connectivity index (χ1) is 8.96. The van der Waals surface area contributed by atoms with Gasteiger partial charge in [0.1, 0.15) is 0 Å². The number of methoxy groups -OCH3 is 3. The van der Waals surface area contributed by atoms with Gasteiger partial charge in [0, 0.05) is 6.42 Å². The molecule has 2 atom stereocenters. The standard InChI is InChI=1S/C13H22O6/c1-9(12(15)18-3)8-10(13(16)19-4)6-5-7-11(14)17-2/h9-10H,5-8H2,1-4H3. The lowest BCUT2D eigenvalue weighted by molar-refractivity contribution is -0.150. The molecule has 19 heavy (non-hydrogen) atoms. The van der Waals surface area contributed by atoms with Gasteiger partial charge < -0.3 is 14.2 Å². The van der Waals surface area contributed by atoms with Gasteiger partial charge in [-0.1, -0.05) is 6.92 Å². The molecule has 0 aromatic heterocycles. The molecule has 0 saturated carbocycles. The maximum Gasteiger partial charge on any atom is 0.308 e. The summed E-state index contributed by atoms with van der Waals surface area (Å²) < 4.78 is 13.9. The van der Waals surface area contributed by atoms with Gasteiger partial charge in [0.25, 0.3) is 0 Å². The zero-order valence-corrected chi connectivity index (χ0v) is 11.9. The molecule has 0 saturated heterocycles. The van der Waals surface area contributed by atoms with Crippen LogP contribution in [-0.2, 0) is 28.6 Å². The van der Waals surface area contributed by atoms with Crippen LogP contribution in [0.15, 0.2) is 0 Å². The number of hydrogen-bond acceptors (Lipinski definition) is 6. The van der Waals surface area contributed by atoms with E-state index < -0.39 is 5.92 Å². The predicted octanol–water partition coefficient (Wildman–Crippen LogP) is 1.32. The second-order valence-electron chi connectivity index (χ2n) is 4.35. The fourth-order valence-corrected chi connectivity index (χ4v) is 1.82. The second kappa shape index (κ2) is 9.35. The number of rotatable bonds is 8. The number of hydrogen-bond donors (Lipinski definition) is 0. The van der Waals surface area contributed by atoms with Crippen LogP contribution in [0.25, 0.3) is 0 Å². The van der Waals surface area contributed by atoms with Crippen molar-refractivity contribution >= 4 is 17.9 Å². The Morgan fingerprint density at radius 3 is 2.00 bits per heavy atom. The van der Waals surface area contributed by atoms with E-state index in [1.54, 1.807) is 6.92 Å². The van der Waals surface area contributed by atoms with E-state index in [4.69, 9.17) is 4.74 Å². The third-order valence-electron chi connectivity index (χ3n) is 2.94. The van der Waals surface area contributed by atoms with Crippen molar-refractivity contribution in [2.24, 2.45) is 11.8 Å². The second-order valence-corrected chi connectivity index (χ2v) is 4.35. The monoisotopic (exact) mass is 274 g/mol. The fraction of sp³-hybridized carbons (Fsp3) is 0.769. The first-order valence-electron chi connectivity index (χ1n) is 6.18. The van der Waals surface area contributed by atoms with Gasteiger partial charge >= 0.3 is 17.9 Å². The van der Waals surface area contributed by atoms with E-state index in [9.17, 15) is 14.4 Å². The minimum absolute atomic E-state index is 0.247. The van der Waals surface area contributed by atoms with Gasteiger partial charge in [-0.05, 0) is 19.3 Å². The average molecular weight is 274 g/mol. The van der Waals surface area contributed by atoms with E-state index in [0.29, 0.717) is 19.3 Å². The van der Waals surface area contributed by atoms with E-state index in [2.05, 4.69) is 9.47 Å². The highest BCUT2D eigenvalue weighted by molar-refractivity contribution is 5.75. The van der Waals surface area contributed by atoms with Crippen LogP contribution in [0.2, 0.25) is 0 Å². The van der Waals surface area contributed by atoms with Gasteiger partial charge in [-0.3, -0.25) is 14.4 Å². The largest absolute Gasteiger partial charge is 0.469 e. The number of ether oxygens (including phenoxy) is 3. The Morgan fingerprint density at radius 1 is 0.947 bits per heavy atom. The Bertz CT molecular complexity index is 312. The van der Waals surface area contributed by atoms with Crippen molar-refractivity contribution in [2.75, 3.05) is 21.3 Å². The zero-order valence-electron chi connectivity index (χ0n) is 11.9. The molecule has 0 aromatic carbocycles. The Morgan fingerprint density at radius 2 is 1.53 bits per heavy atom. The molecule has 0 aliphatic heterocycles. The van der Waals surface area contributed by atoms with E-state index >= 15 is 0 Å². The van der Waals surface area contributed by atoms with Crippen LogP contribution in [0.4, 0.5) is 0 Å². The summed E-state index contributed by atoms with van der Waals surface area (Å²) in [5.74, 6) is -1.84. The summed E-state index contributed by atoms with van der Waals surface area (Å²) in [4.78, 5) is 33.9. The molecule has 0 aliphatic carbocycles. The molecule has 0 rings (SSSR count). The van der Waals surface area contributed by atoms with E-state index in [-0.39, 0.29) is 30.2 Å². The minimum atomic E-state index is -0.413. The van der Waals surface area contributed by atoms with Gasteiger partial charge in [0.05, 0.1) is 33.2 Å². The Labute approximate surface area is 113 Å². The molecule has 0 N–H and O–H groups in total. The van der Waals surface area contributed by atoms with Gasteiger partial charge in [-0.25, -0.2) is 0 Å². The van der Waals surface area contributed by atoms with Crippen LogP contribution in [0.3, 0.4) is 0 Å². The summed E-state index contributed by atoms with van der Waals surface area (Å²) in [5.41, 5.74) is 0. The summed E-state index contributed by atoms with van der Waals surface area (Å²) in [6.07, 6.45) is 1.58.